The molecule has 6 nitrogen and oxygen atoms in total. The highest BCUT2D eigenvalue weighted by atomic mass is 16.5. The Morgan fingerprint density at radius 1 is 0.720 bits per heavy atom. The van der Waals surface area contributed by atoms with Crippen LogP contribution in [0, 0.1) is 27.7 Å². The van der Waals surface area contributed by atoms with Crippen LogP contribution in [0.3, 0.4) is 0 Å². The van der Waals surface area contributed by atoms with E-state index >= 15 is 0 Å². The van der Waals surface area contributed by atoms with Crippen molar-refractivity contribution in [3.8, 4) is 39.9 Å². The summed E-state index contributed by atoms with van der Waals surface area (Å²) in [5.74, 6) is 3.34. The Morgan fingerprint density at radius 3 is 2.20 bits per heavy atom. The molecule has 0 saturated heterocycles. The number of benzene rings is 4. The molecule has 0 spiro atoms. The first-order valence-electron chi connectivity index (χ1n) is 17.7. The van der Waals surface area contributed by atoms with Crippen LogP contribution < -0.4 is 9.47 Å². The predicted molar refractivity (Wildman–Crippen MR) is 206 cm³/mol. The molecule has 0 N–H and O–H groups in total. The molecule has 0 bridgehead atoms. The van der Waals surface area contributed by atoms with Gasteiger partial charge in [0.25, 0.3) is 0 Å². The van der Waals surface area contributed by atoms with Crippen molar-refractivity contribution in [3.63, 3.8) is 0 Å². The van der Waals surface area contributed by atoms with Gasteiger partial charge in [0.1, 0.15) is 23.1 Å². The van der Waals surface area contributed by atoms with Crippen LogP contribution in [-0.2, 0) is 6.42 Å². The van der Waals surface area contributed by atoms with Gasteiger partial charge in [0.2, 0.25) is 0 Å². The highest BCUT2D eigenvalue weighted by Crippen LogP contribution is 2.40. The summed E-state index contributed by atoms with van der Waals surface area (Å²) in [5, 5.41) is 7.66. The van der Waals surface area contributed by atoms with Gasteiger partial charge in [0.05, 0.1) is 35.2 Å². The number of fused-ring (bicyclic) bond motifs is 3. The number of rotatable bonds is 10. The van der Waals surface area contributed by atoms with E-state index in [1.165, 1.54) is 33.5 Å². The molecule has 4 aromatic carbocycles. The number of ether oxygens (including phenoxy) is 2. The van der Waals surface area contributed by atoms with Crippen molar-refractivity contribution in [3.05, 3.63) is 125 Å². The van der Waals surface area contributed by atoms with Crippen LogP contribution in [0.5, 0.6) is 17.2 Å². The molecule has 50 heavy (non-hydrogen) atoms. The van der Waals surface area contributed by atoms with Crippen molar-refractivity contribution in [2.45, 2.75) is 73.6 Å². The third kappa shape index (κ3) is 6.04. The molecular formula is C44H46N4O2. The maximum atomic E-state index is 6.70. The van der Waals surface area contributed by atoms with E-state index in [0.717, 1.165) is 81.1 Å². The molecule has 3 aromatic heterocycles. The number of hydrogen-bond acceptors (Lipinski definition) is 4. The lowest BCUT2D eigenvalue weighted by atomic mass is 9.89. The van der Waals surface area contributed by atoms with Crippen molar-refractivity contribution in [2.75, 3.05) is 7.11 Å². The van der Waals surface area contributed by atoms with Gasteiger partial charge in [0, 0.05) is 40.7 Å². The van der Waals surface area contributed by atoms with E-state index < -0.39 is 0 Å². The fourth-order valence-corrected chi connectivity index (χ4v) is 7.47. The molecule has 0 unspecified atom stereocenters. The molecule has 0 atom stereocenters. The third-order valence-electron chi connectivity index (χ3n) is 9.59. The molecule has 3 heterocycles. The van der Waals surface area contributed by atoms with Gasteiger partial charge in [-0.1, -0.05) is 63.1 Å². The first kappa shape index (κ1) is 33.2. The van der Waals surface area contributed by atoms with Gasteiger partial charge >= 0.3 is 0 Å². The lowest BCUT2D eigenvalue weighted by Crippen LogP contribution is -2.05. The normalized spacial score (nSPS) is 11.6. The van der Waals surface area contributed by atoms with Gasteiger partial charge in [-0.25, -0.2) is 9.67 Å². The number of unbranched alkanes of at least 4 members (excludes halogenated alkanes) is 1. The van der Waals surface area contributed by atoms with E-state index in [4.69, 9.17) is 19.6 Å². The summed E-state index contributed by atoms with van der Waals surface area (Å²) >= 11 is 0. The van der Waals surface area contributed by atoms with Crippen LogP contribution >= 0.6 is 0 Å². The minimum Gasteiger partial charge on any atom is -0.497 e. The quantitative estimate of drug-likeness (QED) is 0.146. The van der Waals surface area contributed by atoms with Gasteiger partial charge in [-0.2, -0.15) is 5.10 Å². The van der Waals surface area contributed by atoms with E-state index in [9.17, 15) is 0 Å². The molecule has 0 aliphatic carbocycles. The summed E-state index contributed by atoms with van der Waals surface area (Å²) in [6, 6.07) is 29.6. The molecule has 0 radical (unpaired) electrons. The fourth-order valence-electron chi connectivity index (χ4n) is 7.47. The van der Waals surface area contributed by atoms with Crippen molar-refractivity contribution in [1.29, 1.82) is 0 Å². The Bertz CT molecular complexity index is 2340. The summed E-state index contributed by atoms with van der Waals surface area (Å²) in [6.45, 7) is 15.5. The number of para-hydroxylation sites is 1. The smallest absolute Gasteiger partial charge is 0.141 e. The molecule has 0 aliphatic heterocycles. The van der Waals surface area contributed by atoms with Crippen LogP contribution in [0.25, 0.3) is 44.4 Å². The average Bonchev–Trinajstić information content (AvgIpc) is 3.62. The Kier molecular flexibility index (Phi) is 8.96. The second kappa shape index (κ2) is 13.5. The molecular weight excluding hydrogens is 617 g/mol. The summed E-state index contributed by atoms with van der Waals surface area (Å²) in [6.07, 6.45) is 4.93. The Morgan fingerprint density at radius 2 is 1.46 bits per heavy atom. The first-order chi connectivity index (χ1) is 24.2. The van der Waals surface area contributed by atoms with Crippen molar-refractivity contribution in [2.24, 2.45) is 0 Å². The number of hydrogen-bond donors (Lipinski definition) is 0. The standard InChI is InChI=1S/C44H46N4O2/c1-9-10-14-39-43(42-30(6)20-28(4)21-31(42)7)44(27(2)3)46-48(39)32-22-29(5)23-35(24-32)50-34-16-17-37-36-13-11-12-15-38(36)47(40(37)25-34)41-26-33(49-8)18-19-45-41/h11-13,15-27H,9-10,14H2,1-8H3. The minimum absolute atomic E-state index is 0.268. The van der Waals surface area contributed by atoms with Crippen molar-refractivity contribution < 1.29 is 9.47 Å². The van der Waals surface area contributed by atoms with E-state index in [1.54, 1.807) is 13.3 Å². The fraction of sp³-hybridized carbons (Fsp3) is 0.273. The second-order valence-electron chi connectivity index (χ2n) is 13.8. The van der Waals surface area contributed by atoms with Crippen LogP contribution in [0.15, 0.2) is 91.1 Å². The van der Waals surface area contributed by atoms with Crippen LogP contribution in [0.4, 0.5) is 0 Å². The van der Waals surface area contributed by atoms with E-state index in [2.05, 4.69) is 131 Å². The summed E-state index contributed by atoms with van der Waals surface area (Å²) in [7, 11) is 1.68. The topological polar surface area (TPSA) is 54.1 Å². The van der Waals surface area contributed by atoms with E-state index in [1.807, 2.05) is 12.1 Å². The SMILES string of the molecule is CCCCc1c(-c2c(C)cc(C)cc2C)c(C(C)C)nn1-c1cc(C)cc(Oc2ccc3c4ccccc4n(-c4cc(OC)ccn4)c3c2)c1. The number of pyridine rings is 1. The number of methoxy groups -OCH3 is 1. The zero-order valence-corrected chi connectivity index (χ0v) is 30.5. The van der Waals surface area contributed by atoms with Crippen molar-refractivity contribution >= 4 is 21.8 Å². The lowest BCUT2D eigenvalue weighted by molar-refractivity contribution is 0.414. The monoisotopic (exact) mass is 662 g/mol. The number of aryl methyl sites for hydroxylation is 4. The maximum absolute atomic E-state index is 6.70. The Labute approximate surface area is 295 Å². The maximum Gasteiger partial charge on any atom is 0.141 e. The highest BCUT2D eigenvalue weighted by molar-refractivity contribution is 6.09. The van der Waals surface area contributed by atoms with E-state index in [0.29, 0.717) is 0 Å². The molecule has 0 fully saturated rings. The predicted octanol–water partition coefficient (Wildman–Crippen LogP) is 11.5. The summed E-state index contributed by atoms with van der Waals surface area (Å²) < 4.78 is 16.6. The van der Waals surface area contributed by atoms with Crippen LogP contribution in [0.1, 0.15) is 73.2 Å². The Balaban J connectivity index is 1.35. The lowest BCUT2D eigenvalue weighted by Gasteiger charge is -2.16. The summed E-state index contributed by atoms with van der Waals surface area (Å²) in [4.78, 5) is 4.72. The van der Waals surface area contributed by atoms with Crippen molar-refractivity contribution in [1.82, 2.24) is 19.3 Å². The zero-order chi connectivity index (χ0) is 35.1. The summed E-state index contributed by atoms with van der Waals surface area (Å²) in [5.41, 5.74) is 13.1. The molecule has 7 aromatic rings. The largest absolute Gasteiger partial charge is 0.497 e. The molecule has 6 heteroatoms. The van der Waals surface area contributed by atoms with Gasteiger partial charge in [0.15, 0.2) is 0 Å². The zero-order valence-electron chi connectivity index (χ0n) is 30.5. The van der Waals surface area contributed by atoms with E-state index in [-0.39, 0.29) is 5.92 Å². The number of aromatic nitrogens is 4. The van der Waals surface area contributed by atoms with Crippen LogP contribution in [-0.4, -0.2) is 26.4 Å². The molecule has 0 amide bonds. The van der Waals surface area contributed by atoms with Gasteiger partial charge < -0.3 is 9.47 Å². The van der Waals surface area contributed by atoms with Gasteiger partial charge in [-0.15, -0.1) is 0 Å². The average molecular weight is 663 g/mol. The van der Waals surface area contributed by atoms with Gasteiger partial charge in [-0.05, 0) is 105 Å². The second-order valence-corrected chi connectivity index (χ2v) is 13.8. The Hall–Kier alpha value is -5.36. The number of nitrogens with zero attached hydrogens (tertiary/aromatic N) is 4. The minimum atomic E-state index is 0.268. The first-order valence-corrected chi connectivity index (χ1v) is 17.7. The molecule has 0 aliphatic rings. The molecule has 0 saturated carbocycles. The van der Waals surface area contributed by atoms with Crippen LogP contribution in [0.2, 0.25) is 0 Å². The van der Waals surface area contributed by atoms with Gasteiger partial charge in [-0.3, -0.25) is 4.57 Å². The molecule has 254 valence electrons. The highest BCUT2D eigenvalue weighted by Gasteiger charge is 2.25. The molecule has 7 rings (SSSR count). The third-order valence-corrected chi connectivity index (χ3v) is 9.59.